The molecule has 3 aromatic rings. The van der Waals surface area contributed by atoms with Crippen molar-refractivity contribution in [2.75, 3.05) is 5.32 Å². The highest BCUT2D eigenvalue weighted by Crippen LogP contribution is 2.22. The van der Waals surface area contributed by atoms with Gasteiger partial charge in [0.15, 0.2) is 6.10 Å². The molecule has 1 aromatic heterocycles. The van der Waals surface area contributed by atoms with E-state index < -0.39 is 34.4 Å². The number of benzene rings is 2. The number of nitro groups is 1. The Hall–Kier alpha value is -4.01. The van der Waals surface area contributed by atoms with E-state index in [1.165, 1.54) is 13.0 Å². The maximum absolute atomic E-state index is 13.4. The molecule has 1 heterocycles. The minimum Gasteiger partial charge on any atom is -0.449 e. The van der Waals surface area contributed by atoms with Crippen molar-refractivity contribution in [3.63, 3.8) is 0 Å². The van der Waals surface area contributed by atoms with E-state index in [1.54, 1.807) is 18.2 Å². The van der Waals surface area contributed by atoms with Gasteiger partial charge in [-0.3, -0.25) is 14.9 Å². The van der Waals surface area contributed by atoms with E-state index in [1.807, 2.05) is 35.2 Å². The van der Waals surface area contributed by atoms with Crippen molar-refractivity contribution in [3.8, 4) is 5.69 Å². The Morgan fingerprint density at radius 1 is 1.14 bits per heavy atom. The summed E-state index contributed by atoms with van der Waals surface area (Å²) in [4.78, 5) is 34.5. The quantitative estimate of drug-likeness (QED) is 0.388. The zero-order chi connectivity index (χ0) is 21.0. The lowest BCUT2D eigenvalue weighted by Gasteiger charge is -2.14. The number of hydrogen-bond acceptors (Lipinski definition) is 5. The van der Waals surface area contributed by atoms with E-state index in [2.05, 4.69) is 5.32 Å². The summed E-state index contributed by atoms with van der Waals surface area (Å²) >= 11 is 0. The van der Waals surface area contributed by atoms with Crippen LogP contribution in [0.3, 0.4) is 0 Å². The lowest BCUT2D eigenvalue weighted by Crippen LogP contribution is -2.30. The largest absolute Gasteiger partial charge is 0.449 e. The minimum atomic E-state index is -1.18. The highest BCUT2D eigenvalue weighted by Gasteiger charge is 2.21. The molecule has 0 bridgehead atoms. The molecule has 0 radical (unpaired) electrons. The monoisotopic (exact) mass is 397 g/mol. The summed E-state index contributed by atoms with van der Waals surface area (Å²) in [5.74, 6) is -2.43. The van der Waals surface area contributed by atoms with Crippen LogP contribution in [0.5, 0.6) is 0 Å². The predicted molar refractivity (Wildman–Crippen MR) is 102 cm³/mol. The molecule has 1 unspecified atom stereocenters. The number of carbonyl (C=O) groups is 2. The average molecular weight is 397 g/mol. The van der Waals surface area contributed by atoms with Crippen LogP contribution in [-0.4, -0.2) is 27.5 Å². The van der Waals surface area contributed by atoms with Crippen LogP contribution in [0.15, 0.2) is 67.0 Å². The Morgan fingerprint density at radius 2 is 1.86 bits per heavy atom. The van der Waals surface area contributed by atoms with Crippen LogP contribution >= 0.6 is 0 Å². The number of hydrogen-bond donors (Lipinski definition) is 1. The third-order valence-electron chi connectivity index (χ3n) is 4.05. The summed E-state index contributed by atoms with van der Waals surface area (Å²) in [6, 6.07) is 13.3. The number of nitro benzene ring substituents is 1. The summed E-state index contributed by atoms with van der Waals surface area (Å²) in [5.41, 5.74) is 0.253. The van der Waals surface area contributed by atoms with Crippen LogP contribution in [0.1, 0.15) is 17.3 Å². The number of esters is 1. The maximum Gasteiger partial charge on any atom is 0.338 e. The van der Waals surface area contributed by atoms with E-state index in [-0.39, 0.29) is 11.3 Å². The molecule has 29 heavy (non-hydrogen) atoms. The second-order valence-electron chi connectivity index (χ2n) is 6.10. The van der Waals surface area contributed by atoms with Crippen molar-refractivity contribution in [2.24, 2.45) is 0 Å². The summed E-state index contributed by atoms with van der Waals surface area (Å²) in [6.07, 6.45) is 2.46. The summed E-state index contributed by atoms with van der Waals surface area (Å²) in [7, 11) is 0. The fourth-order valence-electron chi connectivity index (χ4n) is 2.56. The van der Waals surface area contributed by atoms with Crippen molar-refractivity contribution in [1.82, 2.24) is 4.57 Å². The number of halogens is 1. The number of amides is 1. The Bertz CT molecular complexity index is 1070. The number of ether oxygens (including phenoxy) is 1. The Morgan fingerprint density at radius 3 is 2.55 bits per heavy atom. The van der Waals surface area contributed by atoms with Crippen molar-refractivity contribution >= 4 is 23.3 Å². The van der Waals surface area contributed by atoms with Crippen LogP contribution in [0.2, 0.25) is 0 Å². The Kier molecular flexibility index (Phi) is 5.68. The molecule has 0 saturated heterocycles. The molecule has 1 amide bonds. The summed E-state index contributed by atoms with van der Waals surface area (Å²) in [6.45, 7) is 1.36. The predicted octanol–water partition coefficient (Wildman–Crippen LogP) is 3.71. The number of nitrogens with one attached hydrogen (secondary N) is 1. The SMILES string of the molecule is CC(OC(=O)c1cccc(-n2cccc2)c1)C(=O)Nc1ccc(F)c([N+](=O)[O-])c1. The van der Waals surface area contributed by atoms with Gasteiger partial charge in [0.25, 0.3) is 5.91 Å². The zero-order valence-corrected chi connectivity index (χ0v) is 15.2. The molecular formula is C20H16FN3O5. The molecule has 0 aliphatic carbocycles. The van der Waals surface area contributed by atoms with E-state index in [4.69, 9.17) is 4.74 Å². The van der Waals surface area contributed by atoms with Crippen LogP contribution in [0, 0.1) is 15.9 Å². The lowest BCUT2D eigenvalue weighted by molar-refractivity contribution is -0.387. The molecule has 0 spiro atoms. The number of anilines is 1. The van der Waals surface area contributed by atoms with E-state index in [0.29, 0.717) is 0 Å². The van der Waals surface area contributed by atoms with Gasteiger partial charge in [0.2, 0.25) is 5.82 Å². The molecule has 1 N–H and O–H groups in total. The molecule has 1 atom stereocenters. The Labute approximate surface area is 164 Å². The minimum absolute atomic E-state index is 0.0144. The smallest absolute Gasteiger partial charge is 0.338 e. The van der Waals surface area contributed by atoms with Crippen LogP contribution in [0.25, 0.3) is 5.69 Å². The van der Waals surface area contributed by atoms with Gasteiger partial charge < -0.3 is 14.6 Å². The standard InChI is InChI=1S/C20H16FN3O5/c1-13(19(25)22-15-7-8-17(21)18(12-15)24(27)28)29-20(26)14-5-4-6-16(11-14)23-9-2-3-10-23/h2-13H,1H3,(H,22,25). The second-order valence-corrected chi connectivity index (χ2v) is 6.10. The molecule has 3 rings (SSSR count). The third kappa shape index (κ3) is 4.64. The number of nitrogens with zero attached hydrogens (tertiary/aromatic N) is 2. The zero-order valence-electron chi connectivity index (χ0n) is 15.2. The molecule has 8 nitrogen and oxygen atoms in total. The molecule has 0 aliphatic heterocycles. The van der Waals surface area contributed by atoms with E-state index >= 15 is 0 Å². The number of aromatic nitrogens is 1. The van der Waals surface area contributed by atoms with Crippen molar-refractivity contribution < 1.29 is 23.6 Å². The van der Waals surface area contributed by atoms with Crippen molar-refractivity contribution in [1.29, 1.82) is 0 Å². The van der Waals surface area contributed by atoms with Gasteiger partial charge in [-0.25, -0.2) is 4.79 Å². The lowest BCUT2D eigenvalue weighted by atomic mass is 10.2. The first kappa shape index (κ1) is 19.7. The van der Waals surface area contributed by atoms with E-state index in [9.17, 15) is 24.1 Å². The van der Waals surface area contributed by atoms with Crippen molar-refractivity contribution in [3.05, 3.63) is 88.5 Å². The van der Waals surface area contributed by atoms with Gasteiger partial charge in [0, 0.05) is 29.8 Å². The number of carbonyl (C=O) groups excluding carboxylic acids is 2. The van der Waals surface area contributed by atoms with Gasteiger partial charge in [-0.2, -0.15) is 4.39 Å². The molecule has 9 heteroatoms. The highest BCUT2D eigenvalue weighted by molar-refractivity contribution is 5.97. The first-order chi connectivity index (χ1) is 13.8. The second kappa shape index (κ2) is 8.34. The van der Waals surface area contributed by atoms with Gasteiger partial charge in [0.1, 0.15) is 0 Å². The van der Waals surface area contributed by atoms with Gasteiger partial charge >= 0.3 is 11.7 Å². The van der Waals surface area contributed by atoms with Crippen LogP contribution in [-0.2, 0) is 9.53 Å². The molecule has 148 valence electrons. The topological polar surface area (TPSA) is 103 Å². The number of rotatable bonds is 6. The van der Waals surface area contributed by atoms with Gasteiger partial charge in [-0.1, -0.05) is 6.07 Å². The fraction of sp³-hybridized carbons (Fsp3) is 0.100. The normalized spacial score (nSPS) is 11.5. The van der Waals surface area contributed by atoms with Crippen LogP contribution in [0.4, 0.5) is 15.8 Å². The van der Waals surface area contributed by atoms with E-state index in [0.717, 1.165) is 17.8 Å². The molecule has 0 saturated carbocycles. The first-order valence-corrected chi connectivity index (χ1v) is 8.54. The van der Waals surface area contributed by atoms with Gasteiger partial charge in [0.05, 0.1) is 10.5 Å². The highest BCUT2D eigenvalue weighted by atomic mass is 19.1. The molecular weight excluding hydrogens is 381 g/mol. The van der Waals surface area contributed by atoms with Gasteiger partial charge in [-0.05, 0) is 49.4 Å². The maximum atomic E-state index is 13.4. The molecule has 0 fully saturated rings. The summed E-state index contributed by atoms with van der Waals surface area (Å²) < 4.78 is 20.4. The Balaban J connectivity index is 1.67. The average Bonchev–Trinajstić information content (AvgIpc) is 3.24. The summed E-state index contributed by atoms with van der Waals surface area (Å²) in [5, 5.41) is 13.2. The first-order valence-electron chi connectivity index (χ1n) is 8.54. The molecule has 2 aromatic carbocycles. The van der Waals surface area contributed by atoms with Crippen molar-refractivity contribution in [2.45, 2.75) is 13.0 Å². The van der Waals surface area contributed by atoms with Gasteiger partial charge in [-0.15, -0.1) is 0 Å². The fourth-order valence-corrected chi connectivity index (χ4v) is 2.56. The van der Waals surface area contributed by atoms with Crippen LogP contribution < -0.4 is 5.32 Å². The third-order valence-corrected chi connectivity index (χ3v) is 4.05. The molecule has 0 aliphatic rings.